The topological polar surface area (TPSA) is 70.3 Å². The van der Waals surface area contributed by atoms with Crippen molar-refractivity contribution in [2.45, 2.75) is 38.9 Å². The number of aromatic nitrogens is 2. The van der Waals surface area contributed by atoms with E-state index in [1.54, 1.807) is 6.20 Å². The summed E-state index contributed by atoms with van der Waals surface area (Å²) in [4.78, 5) is 8.52. The molecule has 3 rings (SSSR count). The lowest BCUT2D eigenvalue weighted by atomic mass is 9.79. The van der Waals surface area contributed by atoms with Gasteiger partial charge in [-0.2, -0.15) is 0 Å². The van der Waals surface area contributed by atoms with Crippen LogP contribution in [0, 0.1) is 0 Å². The maximum absolute atomic E-state index is 6.03. The Balaban J connectivity index is 1.98. The summed E-state index contributed by atoms with van der Waals surface area (Å²) >= 11 is 0. The van der Waals surface area contributed by atoms with Crippen LogP contribution >= 0.6 is 0 Å². The van der Waals surface area contributed by atoms with Gasteiger partial charge in [-0.1, -0.05) is 6.07 Å². The monoisotopic (exact) mass is 271 g/mol. The zero-order valence-electron chi connectivity index (χ0n) is 12.2. The Morgan fingerprint density at radius 1 is 1.05 bits per heavy atom. The molecule has 0 atom stereocenters. The van der Waals surface area contributed by atoms with Gasteiger partial charge in [-0.15, -0.1) is 0 Å². The average Bonchev–Trinajstić information content (AvgIpc) is 2.58. The summed E-state index contributed by atoms with van der Waals surface area (Å²) in [5, 5.41) is 0. The zero-order valence-corrected chi connectivity index (χ0v) is 12.2. The van der Waals surface area contributed by atoms with E-state index in [0.29, 0.717) is 5.82 Å². The SMILES string of the molecule is CC1(C)OB(c2ccc3nc(N)cnc3c2)OC1(C)C. The van der Waals surface area contributed by atoms with Gasteiger partial charge in [-0.05, 0) is 45.3 Å². The molecule has 1 saturated heterocycles. The largest absolute Gasteiger partial charge is 0.494 e. The number of rotatable bonds is 1. The third-order valence-corrected chi connectivity index (χ3v) is 4.11. The van der Waals surface area contributed by atoms with Gasteiger partial charge in [-0.25, -0.2) is 4.98 Å². The van der Waals surface area contributed by atoms with Crippen LogP contribution in [0.25, 0.3) is 11.0 Å². The van der Waals surface area contributed by atoms with Crippen molar-refractivity contribution in [3.05, 3.63) is 24.4 Å². The van der Waals surface area contributed by atoms with Gasteiger partial charge in [0.1, 0.15) is 5.82 Å². The number of anilines is 1. The second-order valence-electron chi connectivity index (χ2n) is 6.13. The van der Waals surface area contributed by atoms with E-state index in [2.05, 4.69) is 9.97 Å². The standard InChI is InChI=1S/C14H18BN3O2/c1-13(2)14(3,4)20-15(19-13)9-5-6-10-11(7-9)17-8-12(16)18-10/h5-8H,1-4H3,(H2,16,18). The molecule has 0 aliphatic carbocycles. The fourth-order valence-corrected chi connectivity index (χ4v) is 2.17. The Hall–Kier alpha value is -1.66. The minimum Gasteiger partial charge on any atom is -0.399 e. The highest BCUT2D eigenvalue weighted by atomic mass is 16.7. The summed E-state index contributed by atoms with van der Waals surface area (Å²) in [6.45, 7) is 8.15. The predicted molar refractivity (Wildman–Crippen MR) is 79.7 cm³/mol. The maximum Gasteiger partial charge on any atom is 0.494 e. The van der Waals surface area contributed by atoms with Crippen LogP contribution < -0.4 is 11.2 Å². The van der Waals surface area contributed by atoms with E-state index in [-0.39, 0.29) is 18.3 Å². The van der Waals surface area contributed by atoms with Gasteiger partial charge in [0.15, 0.2) is 0 Å². The number of fused-ring (bicyclic) bond motifs is 1. The van der Waals surface area contributed by atoms with Crippen LogP contribution in [0.1, 0.15) is 27.7 Å². The average molecular weight is 271 g/mol. The van der Waals surface area contributed by atoms with Crippen molar-refractivity contribution in [2.24, 2.45) is 0 Å². The number of benzene rings is 1. The Morgan fingerprint density at radius 2 is 1.70 bits per heavy atom. The molecule has 2 N–H and O–H groups in total. The first-order valence-corrected chi connectivity index (χ1v) is 6.66. The second-order valence-corrected chi connectivity index (χ2v) is 6.13. The Labute approximate surface area is 118 Å². The van der Waals surface area contributed by atoms with Gasteiger partial charge < -0.3 is 15.0 Å². The zero-order chi connectivity index (χ0) is 14.5. The molecule has 1 aromatic heterocycles. The molecule has 6 heteroatoms. The van der Waals surface area contributed by atoms with Crippen molar-refractivity contribution in [2.75, 3.05) is 5.73 Å². The summed E-state index contributed by atoms with van der Waals surface area (Å²) in [7, 11) is -0.385. The Kier molecular flexibility index (Phi) is 2.78. The van der Waals surface area contributed by atoms with Crippen LogP contribution in [0.3, 0.4) is 0 Å². The van der Waals surface area contributed by atoms with Crippen molar-refractivity contribution in [3.8, 4) is 0 Å². The summed E-state index contributed by atoms with van der Waals surface area (Å²) in [6, 6.07) is 5.77. The van der Waals surface area contributed by atoms with Crippen molar-refractivity contribution >= 4 is 29.4 Å². The van der Waals surface area contributed by atoms with E-state index in [9.17, 15) is 0 Å². The lowest BCUT2D eigenvalue weighted by Gasteiger charge is -2.32. The lowest BCUT2D eigenvalue weighted by Crippen LogP contribution is -2.41. The van der Waals surface area contributed by atoms with Gasteiger partial charge in [0.2, 0.25) is 0 Å². The smallest absolute Gasteiger partial charge is 0.399 e. The number of nitrogens with two attached hydrogens (primary N) is 1. The molecule has 0 saturated carbocycles. The Morgan fingerprint density at radius 3 is 2.35 bits per heavy atom. The van der Waals surface area contributed by atoms with Crippen LogP contribution in [-0.2, 0) is 9.31 Å². The van der Waals surface area contributed by atoms with Crippen molar-refractivity contribution in [1.82, 2.24) is 9.97 Å². The molecule has 0 unspecified atom stereocenters. The number of hydrogen-bond donors (Lipinski definition) is 1. The fraction of sp³-hybridized carbons (Fsp3) is 0.429. The van der Waals surface area contributed by atoms with Gasteiger partial charge in [-0.3, -0.25) is 4.98 Å². The van der Waals surface area contributed by atoms with Crippen LogP contribution in [-0.4, -0.2) is 28.3 Å². The molecular weight excluding hydrogens is 253 g/mol. The molecule has 2 heterocycles. The van der Waals surface area contributed by atoms with Crippen molar-refractivity contribution < 1.29 is 9.31 Å². The van der Waals surface area contributed by atoms with Gasteiger partial charge in [0, 0.05) is 0 Å². The molecule has 1 aliphatic heterocycles. The van der Waals surface area contributed by atoms with Crippen LogP contribution in [0.4, 0.5) is 5.82 Å². The normalized spacial score (nSPS) is 20.5. The minimum atomic E-state index is -0.385. The molecule has 0 bridgehead atoms. The lowest BCUT2D eigenvalue weighted by molar-refractivity contribution is 0.00578. The summed E-state index contributed by atoms with van der Waals surface area (Å²) in [6.07, 6.45) is 1.55. The van der Waals surface area contributed by atoms with Gasteiger partial charge in [0.05, 0.1) is 28.4 Å². The van der Waals surface area contributed by atoms with Crippen LogP contribution in [0.5, 0.6) is 0 Å². The predicted octanol–water partition coefficient (Wildman–Crippen LogP) is 1.51. The molecule has 2 aromatic rings. The molecular formula is C14H18BN3O2. The first-order chi connectivity index (χ1) is 9.28. The van der Waals surface area contributed by atoms with E-state index in [4.69, 9.17) is 15.0 Å². The van der Waals surface area contributed by atoms with E-state index in [1.807, 2.05) is 45.9 Å². The summed E-state index contributed by atoms with van der Waals surface area (Å²) < 4.78 is 12.1. The highest BCUT2D eigenvalue weighted by Crippen LogP contribution is 2.36. The quantitative estimate of drug-likeness (QED) is 0.796. The van der Waals surface area contributed by atoms with Crippen LogP contribution in [0.2, 0.25) is 0 Å². The van der Waals surface area contributed by atoms with Gasteiger partial charge >= 0.3 is 7.12 Å². The minimum absolute atomic E-state index is 0.348. The molecule has 1 fully saturated rings. The number of nitrogen functional groups attached to an aromatic ring is 1. The molecule has 1 aliphatic rings. The van der Waals surface area contributed by atoms with Crippen molar-refractivity contribution in [3.63, 3.8) is 0 Å². The Bertz CT molecular complexity index is 657. The van der Waals surface area contributed by atoms with Gasteiger partial charge in [0.25, 0.3) is 0 Å². The van der Waals surface area contributed by atoms with E-state index in [1.165, 1.54) is 0 Å². The molecule has 0 radical (unpaired) electrons. The molecule has 20 heavy (non-hydrogen) atoms. The third-order valence-electron chi connectivity index (χ3n) is 4.11. The third kappa shape index (κ3) is 2.05. The van der Waals surface area contributed by atoms with E-state index in [0.717, 1.165) is 16.5 Å². The molecule has 0 spiro atoms. The first kappa shape index (κ1) is 13.3. The molecule has 0 amide bonds. The summed E-state index contributed by atoms with van der Waals surface area (Å²) in [5.41, 5.74) is 7.43. The molecule has 1 aromatic carbocycles. The maximum atomic E-state index is 6.03. The van der Waals surface area contributed by atoms with E-state index >= 15 is 0 Å². The van der Waals surface area contributed by atoms with E-state index < -0.39 is 0 Å². The highest BCUT2D eigenvalue weighted by Gasteiger charge is 2.51. The summed E-state index contributed by atoms with van der Waals surface area (Å²) in [5.74, 6) is 0.417. The first-order valence-electron chi connectivity index (χ1n) is 6.66. The fourth-order valence-electron chi connectivity index (χ4n) is 2.17. The second kappa shape index (κ2) is 4.17. The van der Waals surface area contributed by atoms with Crippen molar-refractivity contribution in [1.29, 1.82) is 0 Å². The number of nitrogens with zero attached hydrogens (tertiary/aromatic N) is 2. The van der Waals surface area contributed by atoms with Crippen LogP contribution in [0.15, 0.2) is 24.4 Å². The molecule has 104 valence electrons. The highest BCUT2D eigenvalue weighted by molar-refractivity contribution is 6.62. The number of hydrogen-bond acceptors (Lipinski definition) is 5. The molecule has 5 nitrogen and oxygen atoms in total.